The molecule has 2 amide bonds. The lowest BCUT2D eigenvalue weighted by Crippen LogP contribution is -2.42. The molecule has 0 saturated heterocycles. The van der Waals surface area contributed by atoms with Gasteiger partial charge in [-0.25, -0.2) is 0 Å². The summed E-state index contributed by atoms with van der Waals surface area (Å²) in [5.74, 6) is -0.174. The van der Waals surface area contributed by atoms with Gasteiger partial charge in [0.25, 0.3) is 11.8 Å². The quantitative estimate of drug-likeness (QED) is 0.722. The van der Waals surface area contributed by atoms with Gasteiger partial charge in [-0.15, -0.1) is 11.8 Å². The number of thioether (sulfide) groups is 1. The van der Waals surface area contributed by atoms with Gasteiger partial charge in [-0.1, -0.05) is 51.3 Å². The van der Waals surface area contributed by atoms with E-state index in [9.17, 15) is 9.59 Å². The maximum atomic E-state index is 13.2. The lowest BCUT2D eigenvalue weighted by molar-refractivity contribution is -0.139. The predicted molar refractivity (Wildman–Crippen MR) is 104 cm³/mol. The Morgan fingerprint density at radius 2 is 1.68 bits per heavy atom. The van der Waals surface area contributed by atoms with Gasteiger partial charge in [0.1, 0.15) is 0 Å². The van der Waals surface area contributed by atoms with E-state index in [0.717, 1.165) is 36.8 Å². The fourth-order valence-electron chi connectivity index (χ4n) is 3.69. The molecule has 1 aromatic carbocycles. The smallest absolute Gasteiger partial charge is 0.268 e. The lowest BCUT2D eigenvalue weighted by Gasteiger charge is -2.30. The number of carbonyl (C=O) groups excluding carboxylic acids is 2. The van der Waals surface area contributed by atoms with Crippen molar-refractivity contribution in [2.24, 2.45) is 0 Å². The van der Waals surface area contributed by atoms with Crippen molar-refractivity contribution >= 4 is 29.1 Å². The standard InChI is InChI=1S/C21H27NO2S/c1-13(2)25-19-18(16-11-10-14(3)15(4)12-16)20(23)22(21(19)24)17-8-6-5-7-9-17/h10-13,17H,5-9H2,1-4H3. The Labute approximate surface area is 154 Å². The maximum absolute atomic E-state index is 13.2. The van der Waals surface area contributed by atoms with Crippen molar-refractivity contribution in [3.05, 3.63) is 39.8 Å². The molecule has 3 rings (SSSR count). The molecule has 1 aromatic rings. The van der Waals surface area contributed by atoms with Gasteiger partial charge >= 0.3 is 0 Å². The van der Waals surface area contributed by atoms with Crippen LogP contribution in [0.4, 0.5) is 0 Å². The number of benzene rings is 1. The summed E-state index contributed by atoms with van der Waals surface area (Å²) in [6.45, 7) is 8.25. The molecule has 1 saturated carbocycles. The Morgan fingerprint density at radius 1 is 1.00 bits per heavy atom. The zero-order valence-electron chi connectivity index (χ0n) is 15.6. The first kappa shape index (κ1) is 18.2. The maximum Gasteiger partial charge on any atom is 0.268 e. The predicted octanol–water partition coefficient (Wildman–Crippen LogP) is 4.86. The Morgan fingerprint density at radius 3 is 2.28 bits per heavy atom. The summed E-state index contributed by atoms with van der Waals surface area (Å²) in [7, 11) is 0. The van der Waals surface area contributed by atoms with Crippen LogP contribution < -0.4 is 0 Å². The number of rotatable bonds is 4. The number of nitrogens with zero attached hydrogens (tertiary/aromatic N) is 1. The van der Waals surface area contributed by atoms with Crippen molar-refractivity contribution < 1.29 is 9.59 Å². The Kier molecular flexibility index (Phi) is 5.38. The molecule has 0 bridgehead atoms. The second-order valence-electron chi connectivity index (χ2n) is 7.44. The van der Waals surface area contributed by atoms with E-state index in [1.54, 1.807) is 4.90 Å². The molecule has 0 N–H and O–H groups in total. The Bertz CT molecular complexity index is 729. The molecule has 4 heteroatoms. The highest BCUT2D eigenvalue weighted by Crippen LogP contribution is 2.40. The third-order valence-corrected chi connectivity index (χ3v) is 6.25. The number of hydrogen-bond donors (Lipinski definition) is 0. The van der Waals surface area contributed by atoms with Crippen LogP contribution in [0.1, 0.15) is 62.6 Å². The van der Waals surface area contributed by atoms with Gasteiger partial charge in [0, 0.05) is 11.3 Å². The van der Waals surface area contributed by atoms with Crippen molar-refractivity contribution in [2.45, 2.75) is 71.1 Å². The van der Waals surface area contributed by atoms with Crippen LogP contribution in [0.5, 0.6) is 0 Å². The van der Waals surface area contributed by atoms with Crippen LogP contribution in [0.15, 0.2) is 23.1 Å². The van der Waals surface area contributed by atoms with Crippen molar-refractivity contribution in [3.8, 4) is 0 Å². The zero-order chi connectivity index (χ0) is 18.1. The molecule has 0 aromatic heterocycles. The second kappa shape index (κ2) is 7.36. The summed E-state index contributed by atoms with van der Waals surface area (Å²) in [5, 5.41) is 0.264. The normalized spacial score (nSPS) is 19.5. The molecule has 0 radical (unpaired) electrons. The summed E-state index contributed by atoms with van der Waals surface area (Å²) < 4.78 is 0. The fourth-order valence-corrected chi connectivity index (χ4v) is 4.69. The number of hydrogen-bond acceptors (Lipinski definition) is 3. The van der Waals surface area contributed by atoms with E-state index in [1.807, 2.05) is 18.2 Å². The summed E-state index contributed by atoms with van der Waals surface area (Å²) in [6.07, 6.45) is 5.30. The number of carbonyl (C=O) groups is 2. The largest absolute Gasteiger partial charge is 0.271 e. The van der Waals surface area contributed by atoms with E-state index >= 15 is 0 Å². The van der Waals surface area contributed by atoms with Crippen LogP contribution in [-0.4, -0.2) is 28.0 Å². The molecule has 0 spiro atoms. The van der Waals surface area contributed by atoms with E-state index in [-0.39, 0.29) is 23.1 Å². The topological polar surface area (TPSA) is 37.4 Å². The summed E-state index contributed by atoms with van der Waals surface area (Å²) in [6, 6.07) is 6.13. The highest BCUT2D eigenvalue weighted by atomic mass is 32.2. The minimum Gasteiger partial charge on any atom is -0.271 e. The van der Waals surface area contributed by atoms with Gasteiger partial charge in [-0.3, -0.25) is 14.5 Å². The first-order valence-corrected chi connectivity index (χ1v) is 10.1. The molecular weight excluding hydrogens is 330 g/mol. The van der Waals surface area contributed by atoms with Gasteiger partial charge in [-0.2, -0.15) is 0 Å². The number of aryl methyl sites for hydroxylation is 2. The average Bonchev–Trinajstić information content (AvgIpc) is 2.81. The van der Waals surface area contributed by atoms with Crippen molar-refractivity contribution in [2.75, 3.05) is 0 Å². The van der Waals surface area contributed by atoms with E-state index < -0.39 is 0 Å². The van der Waals surface area contributed by atoms with E-state index in [4.69, 9.17) is 0 Å². The SMILES string of the molecule is Cc1ccc(C2=C(SC(C)C)C(=O)N(C3CCCCC3)C2=O)cc1C. The van der Waals surface area contributed by atoms with E-state index in [1.165, 1.54) is 23.7 Å². The van der Waals surface area contributed by atoms with Gasteiger partial charge in [0.15, 0.2) is 0 Å². The van der Waals surface area contributed by atoms with Crippen molar-refractivity contribution in [1.29, 1.82) is 0 Å². The minimum absolute atomic E-state index is 0.0700. The molecule has 2 aliphatic rings. The average molecular weight is 358 g/mol. The van der Waals surface area contributed by atoms with Gasteiger partial charge < -0.3 is 0 Å². The van der Waals surface area contributed by atoms with Crippen molar-refractivity contribution in [3.63, 3.8) is 0 Å². The highest BCUT2D eigenvalue weighted by Gasteiger charge is 2.43. The zero-order valence-corrected chi connectivity index (χ0v) is 16.4. The molecule has 0 unspecified atom stereocenters. The van der Waals surface area contributed by atoms with Crippen molar-refractivity contribution in [1.82, 2.24) is 4.90 Å². The molecular formula is C21H27NO2S. The third kappa shape index (κ3) is 3.55. The van der Waals surface area contributed by atoms with Gasteiger partial charge in [-0.05, 0) is 43.4 Å². The minimum atomic E-state index is -0.0942. The molecule has 1 fully saturated rings. The molecule has 25 heavy (non-hydrogen) atoms. The summed E-state index contributed by atoms with van der Waals surface area (Å²) >= 11 is 1.52. The number of amides is 2. The summed E-state index contributed by atoms with van der Waals surface area (Å²) in [4.78, 5) is 28.5. The van der Waals surface area contributed by atoms with Gasteiger partial charge in [0.2, 0.25) is 0 Å². The molecule has 0 atom stereocenters. The van der Waals surface area contributed by atoms with Crippen LogP contribution in [-0.2, 0) is 9.59 Å². The monoisotopic (exact) mass is 357 g/mol. The molecule has 134 valence electrons. The molecule has 1 aliphatic carbocycles. The summed E-state index contributed by atoms with van der Waals surface area (Å²) in [5.41, 5.74) is 3.83. The van der Waals surface area contributed by atoms with Crippen LogP contribution >= 0.6 is 11.8 Å². The van der Waals surface area contributed by atoms with E-state index in [2.05, 4.69) is 27.7 Å². The third-order valence-electron chi connectivity index (χ3n) is 5.16. The van der Waals surface area contributed by atoms with Crippen LogP contribution in [0, 0.1) is 13.8 Å². The van der Waals surface area contributed by atoms with Gasteiger partial charge in [0.05, 0.1) is 10.5 Å². The highest BCUT2D eigenvalue weighted by molar-refractivity contribution is 8.04. The van der Waals surface area contributed by atoms with E-state index in [0.29, 0.717) is 10.5 Å². The Hall–Kier alpha value is -1.55. The molecule has 1 heterocycles. The Balaban J connectivity index is 2.03. The lowest BCUT2D eigenvalue weighted by atomic mass is 9.94. The van der Waals surface area contributed by atoms with Crippen LogP contribution in [0.2, 0.25) is 0 Å². The molecule has 3 nitrogen and oxygen atoms in total. The first-order valence-electron chi connectivity index (χ1n) is 9.26. The fraction of sp³-hybridized carbons (Fsp3) is 0.524. The number of imide groups is 1. The molecule has 1 aliphatic heterocycles. The van der Waals surface area contributed by atoms with Crippen LogP contribution in [0.3, 0.4) is 0 Å². The first-order chi connectivity index (χ1) is 11.9. The second-order valence-corrected chi connectivity index (χ2v) is 9.03. The van der Waals surface area contributed by atoms with Crippen LogP contribution in [0.25, 0.3) is 5.57 Å².